The third-order valence-electron chi connectivity index (χ3n) is 2.79. The number of alkyl halides is 3. The molecule has 1 aromatic carbocycles. The molecule has 21 heavy (non-hydrogen) atoms. The van der Waals surface area contributed by atoms with Gasteiger partial charge in [-0.15, -0.1) is 0 Å². The van der Waals surface area contributed by atoms with Gasteiger partial charge in [-0.05, 0) is 23.8 Å². The molecule has 0 unspecified atom stereocenters. The number of aromatic nitrogens is 1. The van der Waals surface area contributed by atoms with Gasteiger partial charge in [0.15, 0.2) is 0 Å². The Morgan fingerprint density at radius 2 is 1.90 bits per heavy atom. The quantitative estimate of drug-likeness (QED) is 0.907. The number of benzene rings is 1. The number of aromatic carboxylic acids is 1. The highest BCUT2D eigenvalue weighted by Gasteiger charge is 2.32. The zero-order valence-corrected chi connectivity index (χ0v) is 10.7. The van der Waals surface area contributed by atoms with Crippen molar-refractivity contribution in [2.75, 3.05) is 5.32 Å². The first-order valence-corrected chi connectivity index (χ1v) is 5.96. The van der Waals surface area contributed by atoms with Gasteiger partial charge in [-0.2, -0.15) is 13.2 Å². The van der Waals surface area contributed by atoms with Crippen LogP contribution in [0.15, 0.2) is 42.6 Å². The molecule has 0 atom stereocenters. The summed E-state index contributed by atoms with van der Waals surface area (Å²) in [6, 6.07) is 7.96. The highest BCUT2D eigenvalue weighted by Crippen LogP contribution is 2.32. The number of rotatable bonds is 4. The molecule has 0 bridgehead atoms. The Morgan fingerprint density at radius 1 is 1.19 bits per heavy atom. The van der Waals surface area contributed by atoms with Gasteiger partial charge in [0.05, 0.1) is 11.1 Å². The van der Waals surface area contributed by atoms with Crippen molar-refractivity contribution in [2.45, 2.75) is 12.7 Å². The largest absolute Gasteiger partial charge is 0.478 e. The number of nitrogens with zero attached hydrogens (tertiary/aromatic N) is 1. The first kappa shape index (κ1) is 14.8. The van der Waals surface area contributed by atoms with Crippen LogP contribution in [-0.2, 0) is 12.7 Å². The molecule has 1 aromatic heterocycles. The van der Waals surface area contributed by atoms with Gasteiger partial charge in [0, 0.05) is 12.7 Å². The Balaban J connectivity index is 2.12. The predicted molar refractivity (Wildman–Crippen MR) is 70.0 cm³/mol. The molecule has 0 aliphatic carbocycles. The van der Waals surface area contributed by atoms with Gasteiger partial charge in [-0.25, -0.2) is 9.78 Å². The molecule has 0 amide bonds. The summed E-state index contributed by atoms with van der Waals surface area (Å²) in [5.41, 5.74) is -0.606. The molecule has 7 heteroatoms. The minimum atomic E-state index is -4.42. The summed E-state index contributed by atoms with van der Waals surface area (Å²) in [6.07, 6.45) is -3.28. The van der Waals surface area contributed by atoms with Crippen LogP contribution in [0, 0.1) is 0 Å². The number of pyridine rings is 1. The van der Waals surface area contributed by atoms with Gasteiger partial charge >= 0.3 is 12.1 Å². The third-order valence-corrected chi connectivity index (χ3v) is 2.79. The van der Waals surface area contributed by atoms with Crippen LogP contribution in [0.5, 0.6) is 0 Å². The first-order valence-electron chi connectivity index (χ1n) is 5.96. The lowest BCUT2D eigenvalue weighted by Gasteiger charge is -2.13. The lowest BCUT2D eigenvalue weighted by Crippen LogP contribution is -2.12. The summed E-state index contributed by atoms with van der Waals surface area (Å²) in [5.74, 6) is -0.812. The lowest BCUT2D eigenvalue weighted by molar-refractivity contribution is -0.138. The van der Waals surface area contributed by atoms with E-state index in [0.29, 0.717) is 5.82 Å². The molecular formula is C14H11F3N2O2. The van der Waals surface area contributed by atoms with E-state index in [-0.39, 0.29) is 17.7 Å². The van der Waals surface area contributed by atoms with Crippen molar-refractivity contribution >= 4 is 11.8 Å². The monoisotopic (exact) mass is 296 g/mol. The normalized spacial score (nSPS) is 11.2. The van der Waals surface area contributed by atoms with Crippen molar-refractivity contribution in [3.63, 3.8) is 0 Å². The van der Waals surface area contributed by atoms with Crippen molar-refractivity contribution in [3.8, 4) is 0 Å². The van der Waals surface area contributed by atoms with Crippen LogP contribution in [0.2, 0.25) is 0 Å². The molecule has 4 nitrogen and oxygen atoms in total. The number of hydrogen-bond donors (Lipinski definition) is 2. The van der Waals surface area contributed by atoms with Gasteiger partial charge in [0.1, 0.15) is 5.82 Å². The van der Waals surface area contributed by atoms with Gasteiger partial charge in [0.2, 0.25) is 0 Å². The standard InChI is InChI=1S/C14H11F3N2O2/c15-14(16,17)11-4-2-1-3-9(11)7-18-12-6-5-10(8-19-12)13(20)21/h1-6,8H,7H2,(H,18,19)(H,20,21). The molecule has 0 saturated carbocycles. The van der Waals surface area contributed by atoms with Gasteiger partial charge in [-0.1, -0.05) is 18.2 Å². The maximum Gasteiger partial charge on any atom is 0.416 e. The van der Waals surface area contributed by atoms with Crippen LogP contribution >= 0.6 is 0 Å². The zero-order valence-electron chi connectivity index (χ0n) is 10.7. The minimum Gasteiger partial charge on any atom is -0.478 e. The van der Waals surface area contributed by atoms with Gasteiger partial charge < -0.3 is 10.4 Å². The van der Waals surface area contributed by atoms with Crippen LogP contribution in [0.1, 0.15) is 21.5 Å². The molecule has 0 aliphatic rings. The third kappa shape index (κ3) is 3.71. The molecule has 2 rings (SSSR count). The topological polar surface area (TPSA) is 62.2 Å². The lowest BCUT2D eigenvalue weighted by atomic mass is 10.1. The maximum atomic E-state index is 12.8. The summed E-state index contributed by atoms with van der Waals surface area (Å²) >= 11 is 0. The summed E-state index contributed by atoms with van der Waals surface area (Å²) < 4.78 is 38.4. The molecule has 1 heterocycles. The van der Waals surface area contributed by atoms with Crippen molar-refractivity contribution in [3.05, 3.63) is 59.3 Å². The Labute approximate surface area is 118 Å². The summed E-state index contributed by atoms with van der Waals surface area (Å²) in [6.45, 7) is -0.0604. The predicted octanol–water partition coefficient (Wildman–Crippen LogP) is 3.41. The van der Waals surface area contributed by atoms with E-state index in [9.17, 15) is 18.0 Å². The fourth-order valence-corrected chi connectivity index (χ4v) is 1.76. The SMILES string of the molecule is O=C(O)c1ccc(NCc2ccccc2C(F)(F)F)nc1. The highest BCUT2D eigenvalue weighted by molar-refractivity contribution is 5.87. The van der Waals surface area contributed by atoms with E-state index in [1.807, 2.05) is 0 Å². The average molecular weight is 296 g/mol. The van der Waals surface area contributed by atoms with Crippen LogP contribution in [0.3, 0.4) is 0 Å². The van der Waals surface area contributed by atoms with Gasteiger partial charge in [0.25, 0.3) is 0 Å². The van der Waals surface area contributed by atoms with Gasteiger partial charge in [-0.3, -0.25) is 0 Å². The van der Waals surface area contributed by atoms with E-state index in [4.69, 9.17) is 5.11 Å². The fraction of sp³-hybridized carbons (Fsp3) is 0.143. The van der Waals surface area contributed by atoms with Crippen molar-refractivity contribution in [1.29, 1.82) is 0 Å². The maximum absolute atomic E-state index is 12.8. The number of anilines is 1. The number of carboxylic acids is 1. The second-order valence-corrected chi connectivity index (χ2v) is 4.25. The van der Waals surface area contributed by atoms with Crippen LogP contribution < -0.4 is 5.32 Å². The molecule has 110 valence electrons. The van der Waals surface area contributed by atoms with Crippen molar-refractivity contribution in [2.24, 2.45) is 0 Å². The van der Waals surface area contributed by atoms with Crippen LogP contribution in [0.4, 0.5) is 19.0 Å². The zero-order chi connectivity index (χ0) is 15.5. The van der Waals surface area contributed by atoms with E-state index < -0.39 is 17.7 Å². The number of carboxylic acid groups (broad SMARTS) is 1. The van der Waals surface area contributed by atoms with Crippen LogP contribution in [-0.4, -0.2) is 16.1 Å². The Hall–Kier alpha value is -2.57. The van der Waals surface area contributed by atoms with E-state index >= 15 is 0 Å². The first-order chi connectivity index (χ1) is 9.88. The van der Waals surface area contributed by atoms with E-state index in [1.165, 1.54) is 30.3 Å². The second-order valence-electron chi connectivity index (χ2n) is 4.25. The summed E-state index contributed by atoms with van der Waals surface area (Å²) in [7, 11) is 0. The molecule has 0 spiro atoms. The Bertz CT molecular complexity index is 639. The fourth-order valence-electron chi connectivity index (χ4n) is 1.76. The average Bonchev–Trinajstić information content (AvgIpc) is 2.45. The van der Waals surface area contributed by atoms with Crippen molar-refractivity contribution in [1.82, 2.24) is 4.98 Å². The van der Waals surface area contributed by atoms with E-state index in [0.717, 1.165) is 12.3 Å². The molecule has 0 fully saturated rings. The summed E-state index contributed by atoms with van der Waals surface area (Å²) in [4.78, 5) is 14.5. The molecule has 0 radical (unpaired) electrons. The molecule has 0 aliphatic heterocycles. The van der Waals surface area contributed by atoms with E-state index in [2.05, 4.69) is 10.3 Å². The Kier molecular flexibility index (Phi) is 4.11. The molecule has 2 aromatic rings. The summed E-state index contributed by atoms with van der Waals surface area (Å²) in [5, 5.41) is 11.5. The smallest absolute Gasteiger partial charge is 0.416 e. The van der Waals surface area contributed by atoms with Crippen LogP contribution in [0.25, 0.3) is 0 Å². The molecule has 2 N–H and O–H groups in total. The number of carbonyl (C=O) groups is 1. The molecule has 0 saturated heterocycles. The molecular weight excluding hydrogens is 285 g/mol. The minimum absolute atomic E-state index is 0.0104. The number of nitrogens with one attached hydrogen (secondary N) is 1. The highest BCUT2D eigenvalue weighted by atomic mass is 19.4. The van der Waals surface area contributed by atoms with E-state index in [1.54, 1.807) is 0 Å². The number of halogens is 3. The second kappa shape index (κ2) is 5.82. The number of hydrogen-bond acceptors (Lipinski definition) is 3. The Morgan fingerprint density at radius 3 is 2.48 bits per heavy atom. The van der Waals surface area contributed by atoms with Crippen molar-refractivity contribution < 1.29 is 23.1 Å².